The maximum absolute atomic E-state index is 5.68. The zero-order valence-corrected chi connectivity index (χ0v) is 9.97. The van der Waals surface area contributed by atoms with Gasteiger partial charge in [0.2, 0.25) is 5.88 Å². The molecule has 1 aromatic carbocycles. The predicted octanol–water partition coefficient (Wildman–Crippen LogP) is 3.01. The highest BCUT2D eigenvalue weighted by Gasteiger charge is 2.02. The van der Waals surface area contributed by atoms with Crippen LogP contribution in [0.5, 0.6) is 11.6 Å². The summed E-state index contributed by atoms with van der Waals surface area (Å²) in [6, 6.07) is 7.82. The van der Waals surface area contributed by atoms with Gasteiger partial charge in [-0.1, -0.05) is 18.2 Å². The summed E-state index contributed by atoms with van der Waals surface area (Å²) in [5.74, 6) is 2.02. The van der Waals surface area contributed by atoms with E-state index < -0.39 is 0 Å². The zero-order chi connectivity index (χ0) is 12.1. The summed E-state index contributed by atoms with van der Waals surface area (Å²) in [4.78, 5) is 8.38. The minimum Gasteiger partial charge on any atom is -0.437 e. The van der Waals surface area contributed by atoms with Gasteiger partial charge in [0.25, 0.3) is 0 Å². The Balaban J connectivity index is 2.18. The standard InChI is InChI=1S/C13H15N3O/c1-3-15-12-8-14-9-13(16-12)17-11-7-5-4-6-10(11)2/h4-9H,3H2,1-2H3,(H,15,16). The fraction of sp³-hybridized carbons (Fsp3) is 0.231. The molecule has 88 valence electrons. The molecule has 0 amide bonds. The van der Waals surface area contributed by atoms with Crippen LogP contribution in [0.15, 0.2) is 36.7 Å². The molecule has 0 atom stereocenters. The number of rotatable bonds is 4. The molecule has 0 spiro atoms. The van der Waals surface area contributed by atoms with Crippen LogP contribution in [0.3, 0.4) is 0 Å². The maximum atomic E-state index is 5.68. The topological polar surface area (TPSA) is 47.0 Å². The first-order valence-electron chi connectivity index (χ1n) is 5.59. The Morgan fingerprint density at radius 3 is 2.82 bits per heavy atom. The Labute approximate surface area is 101 Å². The van der Waals surface area contributed by atoms with Crippen molar-refractivity contribution in [3.63, 3.8) is 0 Å². The van der Waals surface area contributed by atoms with E-state index in [0.717, 1.165) is 23.7 Å². The van der Waals surface area contributed by atoms with E-state index in [9.17, 15) is 0 Å². The molecule has 1 N–H and O–H groups in total. The van der Waals surface area contributed by atoms with Crippen molar-refractivity contribution in [2.75, 3.05) is 11.9 Å². The van der Waals surface area contributed by atoms with Gasteiger partial charge >= 0.3 is 0 Å². The monoisotopic (exact) mass is 229 g/mol. The van der Waals surface area contributed by atoms with E-state index in [1.54, 1.807) is 12.4 Å². The number of nitrogens with one attached hydrogen (secondary N) is 1. The van der Waals surface area contributed by atoms with E-state index in [4.69, 9.17) is 4.74 Å². The molecule has 0 aliphatic rings. The second-order valence-corrected chi connectivity index (χ2v) is 3.64. The van der Waals surface area contributed by atoms with E-state index in [1.807, 2.05) is 38.1 Å². The zero-order valence-electron chi connectivity index (χ0n) is 9.97. The summed E-state index contributed by atoms with van der Waals surface area (Å²) in [5.41, 5.74) is 1.07. The van der Waals surface area contributed by atoms with Crippen molar-refractivity contribution in [1.29, 1.82) is 0 Å². The molecule has 1 aromatic heterocycles. The van der Waals surface area contributed by atoms with Crippen LogP contribution in [0, 0.1) is 6.92 Å². The van der Waals surface area contributed by atoms with Gasteiger partial charge in [-0.15, -0.1) is 0 Å². The molecular formula is C13H15N3O. The number of aryl methyl sites for hydroxylation is 1. The molecule has 2 aromatic rings. The highest BCUT2D eigenvalue weighted by atomic mass is 16.5. The van der Waals surface area contributed by atoms with E-state index in [1.165, 1.54) is 0 Å². The minimum atomic E-state index is 0.498. The van der Waals surface area contributed by atoms with Gasteiger partial charge in [0.05, 0.1) is 12.4 Å². The van der Waals surface area contributed by atoms with Crippen LogP contribution in [-0.4, -0.2) is 16.5 Å². The van der Waals surface area contributed by atoms with Gasteiger partial charge in [0.15, 0.2) is 0 Å². The molecule has 0 bridgehead atoms. The first kappa shape index (κ1) is 11.4. The molecule has 4 nitrogen and oxygen atoms in total. The SMILES string of the molecule is CCNc1cncc(Oc2ccccc2C)n1. The van der Waals surface area contributed by atoms with Crippen molar-refractivity contribution in [3.05, 3.63) is 42.2 Å². The van der Waals surface area contributed by atoms with Crippen molar-refractivity contribution in [3.8, 4) is 11.6 Å². The predicted molar refractivity (Wildman–Crippen MR) is 67.4 cm³/mol. The van der Waals surface area contributed by atoms with E-state index >= 15 is 0 Å². The van der Waals surface area contributed by atoms with Crippen molar-refractivity contribution in [2.24, 2.45) is 0 Å². The number of aromatic nitrogens is 2. The Hall–Kier alpha value is -2.10. The Morgan fingerprint density at radius 2 is 2.06 bits per heavy atom. The number of hydrogen-bond acceptors (Lipinski definition) is 4. The second-order valence-electron chi connectivity index (χ2n) is 3.64. The number of para-hydroxylation sites is 1. The van der Waals surface area contributed by atoms with Crippen molar-refractivity contribution in [1.82, 2.24) is 9.97 Å². The molecule has 0 radical (unpaired) electrons. The molecule has 0 saturated heterocycles. The lowest BCUT2D eigenvalue weighted by Crippen LogP contribution is -2.01. The number of hydrogen-bond donors (Lipinski definition) is 1. The van der Waals surface area contributed by atoms with Gasteiger partial charge in [-0.05, 0) is 25.5 Å². The van der Waals surface area contributed by atoms with Gasteiger partial charge in [-0.25, -0.2) is 0 Å². The third kappa shape index (κ3) is 2.93. The summed E-state index contributed by atoms with van der Waals surface area (Å²) in [7, 11) is 0. The van der Waals surface area contributed by atoms with Gasteiger partial charge in [-0.2, -0.15) is 4.98 Å². The molecule has 2 rings (SSSR count). The Kier molecular flexibility index (Phi) is 3.55. The smallest absolute Gasteiger partial charge is 0.239 e. The van der Waals surface area contributed by atoms with Gasteiger partial charge in [0, 0.05) is 6.54 Å². The van der Waals surface area contributed by atoms with Gasteiger partial charge in [0.1, 0.15) is 11.6 Å². The first-order valence-corrected chi connectivity index (χ1v) is 5.59. The third-order valence-electron chi connectivity index (χ3n) is 2.28. The number of benzene rings is 1. The average Bonchev–Trinajstić information content (AvgIpc) is 2.33. The molecule has 0 aliphatic heterocycles. The van der Waals surface area contributed by atoms with Crippen LogP contribution < -0.4 is 10.1 Å². The number of anilines is 1. The van der Waals surface area contributed by atoms with Gasteiger partial charge in [-0.3, -0.25) is 4.98 Å². The Morgan fingerprint density at radius 1 is 1.24 bits per heavy atom. The second kappa shape index (κ2) is 5.30. The molecule has 17 heavy (non-hydrogen) atoms. The first-order chi connectivity index (χ1) is 8.29. The van der Waals surface area contributed by atoms with Crippen LogP contribution in [0.4, 0.5) is 5.82 Å². The summed E-state index contributed by atoms with van der Waals surface area (Å²) in [5, 5.41) is 3.09. The van der Waals surface area contributed by atoms with Crippen LogP contribution in [-0.2, 0) is 0 Å². The quantitative estimate of drug-likeness (QED) is 0.875. The Bertz CT molecular complexity index is 500. The third-order valence-corrected chi connectivity index (χ3v) is 2.28. The maximum Gasteiger partial charge on any atom is 0.239 e. The molecule has 0 saturated carbocycles. The van der Waals surface area contributed by atoms with E-state index in [2.05, 4.69) is 15.3 Å². The highest BCUT2D eigenvalue weighted by Crippen LogP contribution is 2.23. The van der Waals surface area contributed by atoms with Crippen molar-refractivity contribution < 1.29 is 4.74 Å². The lowest BCUT2D eigenvalue weighted by molar-refractivity contribution is 0.457. The van der Waals surface area contributed by atoms with Crippen molar-refractivity contribution >= 4 is 5.82 Å². The van der Waals surface area contributed by atoms with Gasteiger partial charge < -0.3 is 10.1 Å². The largest absolute Gasteiger partial charge is 0.437 e. The summed E-state index contributed by atoms with van der Waals surface area (Å²) in [6.45, 7) is 4.82. The van der Waals surface area contributed by atoms with Crippen LogP contribution in [0.25, 0.3) is 0 Å². The van der Waals surface area contributed by atoms with Crippen molar-refractivity contribution in [2.45, 2.75) is 13.8 Å². The molecule has 0 aliphatic carbocycles. The van der Waals surface area contributed by atoms with E-state index in [0.29, 0.717) is 5.88 Å². The lowest BCUT2D eigenvalue weighted by Gasteiger charge is -2.08. The number of ether oxygens (including phenoxy) is 1. The highest BCUT2D eigenvalue weighted by molar-refractivity contribution is 5.37. The summed E-state index contributed by atoms with van der Waals surface area (Å²) >= 11 is 0. The molecule has 4 heteroatoms. The molecule has 0 fully saturated rings. The van der Waals surface area contributed by atoms with Crippen LogP contribution in [0.2, 0.25) is 0 Å². The van der Waals surface area contributed by atoms with E-state index in [-0.39, 0.29) is 0 Å². The van der Waals surface area contributed by atoms with Crippen LogP contribution in [0.1, 0.15) is 12.5 Å². The fourth-order valence-electron chi connectivity index (χ4n) is 1.45. The minimum absolute atomic E-state index is 0.498. The lowest BCUT2D eigenvalue weighted by atomic mass is 10.2. The average molecular weight is 229 g/mol. The summed E-state index contributed by atoms with van der Waals surface area (Å²) < 4.78 is 5.68. The van der Waals surface area contributed by atoms with Crippen LogP contribution >= 0.6 is 0 Å². The molecule has 1 heterocycles. The molecular weight excluding hydrogens is 214 g/mol. The fourth-order valence-corrected chi connectivity index (χ4v) is 1.45. The normalized spacial score (nSPS) is 10.0. The molecule has 0 unspecified atom stereocenters. The number of nitrogens with zero attached hydrogens (tertiary/aromatic N) is 2. The summed E-state index contributed by atoms with van der Waals surface area (Å²) in [6.07, 6.45) is 3.28.